The van der Waals surface area contributed by atoms with Crippen LogP contribution in [0, 0.1) is 5.92 Å². The van der Waals surface area contributed by atoms with Gasteiger partial charge in [-0.25, -0.2) is 14.8 Å². The van der Waals surface area contributed by atoms with Gasteiger partial charge >= 0.3 is 5.97 Å². The summed E-state index contributed by atoms with van der Waals surface area (Å²) in [6, 6.07) is 0.768. The Morgan fingerprint density at radius 1 is 1.23 bits per heavy atom. The zero-order valence-corrected chi connectivity index (χ0v) is 12.9. The molecule has 1 aromatic heterocycles. The lowest BCUT2D eigenvalue weighted by Gasteiger charge is -2.31. The smallest absolute Gasteiger partial charge is 0.358 e. The van der Waals surface area contributed by atoms with Crippen LogP contribution in [0.15, 0.2) is 12.4 Å². The van der Waals surface area contributed by atoms with Crippen molar-refractivity contribution >= 4 is 11.8 Å². The van der Waals surface area contributed by atoms with Gasteiger partial charge in [-0.05, 0) is 31.7 Å². The summed E-state index contributed by atoms with van der Waals surface area (Å²) in [4.78, 5) is 21.7. The van der Waals surface area contributed by atoms with Gasteiger partial charge in [0.1, 0.15) is 0 Å². The molecule has 0 spiro atoms. The molecule has 6 heteroatoms. The highest BCUT2D eigenvalue weighted by Crippen LogP contribution is 2.27. The second-order valence-corrected chi connectivity index (χ2v) is 6.38. The molecular weight excluding hydrogens is 280 g/mol. The summed E-state index contributed by atoms with van der Waals surface area (Å²) in [5.41, 5.74) is 0.00429. The van der Waals surface area contributed by atoms with Gasteiger partial charge in [0.15, 0.2) is 11.5 Å². The zero-order valence-electron chi connectivity index (χ0n) is 12.9. The van der Waals surface area contributed by atoms with Crippen molar-refractivity contribution in [1.29, 1.82) is 0 Å². The molecule has 1 aliphatic heterocycles. The molecule has 6 nitrogen and oxygen atoms in total. The van der Waals surface area contributed by atoms with E-state index in [-0.39, 0.29) is 5.69 Å². The SMILES string of the molecule is O=C(O)c1nccnc1NC[C@H]1CCN(C2CCCCC2)C1. The van der Waals surface area contributed by atoms with Crippen molar-refractivity contribution in [3.63, 3.8) is 0 Å². The first-order chi connectivity index (χ1) is 10.7. The van der Waals surface area contributed by atoms with Crippen molar-refractivity contribution in [2.45, 2.75) is 44.6 Å². The van der Waals surface area contributed by atoms with Gasteiger partial charge in [-0.1, -0.05) is 19.3 Å². The summed E-state index contributed by atoms with van der Waals surface area (Å²) >= 11 is 0. The summed E-state index contributed by atoms with van der Waals surface area (Å²) in [5, 5.41) is 12.3. The van der Waals surface area contributed by atoms with E-state index < -0.39 is 5.97 Å². The molecule has 0 bridgehead atoms. The van der Waals surface area contributed by atoms with Crippen molar-refractivity contribution in [2.24, 2.45) is 5.92 Å². The Labute approximate surface area is 131 Å². The number of carboxylic acid groups (broad SMARTS) is 1. The second-order valence-electron chi connectivity index (χ2n) is 6.38. The molecule has 3 rings (SSSR count). The normalized spacial score (nSPS) is 23.5. The van der Waals surface area contributed by atoms with Gasteiger partial charge in [-0.15, -0.1) is 0 Å². The summed E-state index contributed by atoms with van der Waals surface area (Å²) in [6.45, 7) is 3.05. The number of aromatic carboxylic acids is 1. The third-order valence-electron chi connectivity index (χ3n) is 4.87. The average Bonchev–Trinajstić information content (AvgIpc) is 3.03. The highest BCUT2D eigenvalue weighted by Gasteiger charge is 2.29. The van der Waals surface area contributed by atoms with Crippen molar-refractivity contribution in [2.75, 3.05) is 25.0 Å². The second kappa shape index (κ2) is 7.05. The fraction of sp³-hybridized carbons (Fsp3) is 0.688. The van der Waals surface area contributed by atoms with E-state index in [0.717, 1.165) is 19.1 Å². The van der Waals surface area contributed by atoms with Crippen LogP contribution >= 0.6 is 0 Å². The molecular formula is C16H24N4O2. The third kappa shape index (κ3) is 3.55. The maximum absolute atomic E-state index is 11.1. The monoisotopic (exact) mass is 304 g/mol. The van der Waals surface area contributed by atoms with Crippen LogP contribution in [0.4, 0.5) is 5.82 Å². The Morgan fingerprint density at radius 3 is 2.77 bits per heavy atom. The van der Waals surface area contributed by atoms with Gasteiger partial charge in [0.25, 0.3) is 0 Å². The van der Waals surface area contributed by atoms with Crippen molar-refractivity contribution < 1.29 is 9.90 Å². The Bertz CT molecular complexity index is 517. The molecule has 2 heterocycles. The molecule has 1 aromatic rings. The third-order valence-corrected chi connectivity index (χ3v) is 4.87. The van der Waals surface area contributed by atoms with Crippen molar-refractivity contribution in [3.8, 4) is 0 Å². The van der Waals surface area contributed by atoms with Gasteiger partial charge < -0.3 is 15.3 Å². The number of carboxylic acids is 1. The largest absolute Gasteiger partial charge is 0.476 e. The van der Waals surface area contributed by atoms with E-state index >= 15 is 0 Å². The van der Waals surface area contributed by atoms with E-state index in [1.165, 1.54) is 57.5 Å². The Kier molecular flexibility index (Phi) is 4.87. The molecule has 0 radical (unpaired) electrons. The van der Waals surface area contributed by atoms with Crippen LogP contribution in [0.5, 0.6) is 0 Å². The number of hydrogen-bond donors (Lipinski definition) is 2. The predicted octanol–water partition coefficient (Wildman–Crippen LogP) is 2.24. The minimum Gasteiger partial charge on any atom is -0.476 e. The molecule has 120 valence electrons. The van der Waals surface area contributed by atoms with E-state index in [9.17, 15) is 4.79 Å². The maximum atomic E-state index is 11.1. The van der Waals surface area contributed by atoms with Crippen molar-refractivity contribution in [3.05, 3.63) is 18.1 Å². The zero-order chi connectivity index (χ0) is 15.4. The molecule has 0 amide bonds. The topological polar surface area (TPSA) is 78.3 Å². The van der Waals surface area contributed by atoms with Crippen LogP contribution in [0.25, 0.3) is 0 Å². The molecule has 0 aromatic carbocycles. The van der Waals surface area contributed by atoms with Gasteiger partial charge in [-0.3, -0.25) is 0 Å². The van der Waals surface area contributed by atoms with E-state index in [2.05, 4.69) is 20.2 Å². The Hall–Kier alpha value is -1.69. The van der Waals surface area contributed by atoms with Crippen LogP contribution in [0.2, 0.25) is 0 Å². The minimum atomic E-state index is -1.04. The molecule has 1 saturated heterocycles. The number of anilines is 1. The Morgan fingerprint density at radius 2 is 2.00 bits per heavy atom. The molecule has 1 aliphatic carbocycles. The number of rotatable bonds is 5. The van der Waals surface area contributed by atoms with Gasteiger partial charge in [0.2, 0.25) is 0 Å². The number of hydrogen-bond acceptors (Lipinski definition) is 5. The van der Waals surface area contributed by atoms with E-state index in [1.54, 1.807) is 0 Å². The van der Waals surface area contributed by atoms with Crippen LogP contribution in [-0.4, -0.2) is 51.6 Å². The van der Waals surface area contributed by atoms with Crippen LogP contribution in [-0.2, 0) is 0 Å². The minimum absolute atomic E-state index is 0.00429. The molecule has 2 fully saturated rings. The fourth-order valence-corrected chi connectivity index (χ4v) is 3.67. The molecule has 0 unspecified atom stereocenters. The number of aromatic nitrogens is 2. The number of nitrogens with zero attached hydrogens (tertiary/aromatic N) is 3. The lowest BCUT2D eigenvalue weighted by atomic mass is 9.94. The van der Waals surface area contributed by atoms with Crippen molar-refractivity contribution in [1.82, 2.24) is 14.9 Å². The van der Waals surface area contributed by atoms with E-state index in [4.69, 9.17) is 5.11 Å². The van der Waals surface area contributed by atoms with E-state index in [1.807, 2.05) is 0 Å². The number of likely N-dealkylation sites (tertiary alicyclic amines) is 1. The summed E-state index contributed by atoms with van der Waals surface area (Å²) < 4.78 is 0. The average molecular weight is 304 g/mol. The Balaban J connectivity index is 1.51. The van der Waals surface area contributed by atoms with Gasteiger partial charge in [0, 0.05) is 31.5 Å². The van der Waals surface area contributed by atoms with E-state index in [0.29, 0.717) is 11.7 Å². The summed E-state index contributed by atoms with van der Waals surface area (Å²) in [5.74, 6) is -0.0949. The number of carbonyl (C=O) groups is 1. The van der Waals surface area contributed by atoms with Crippen LogP contribution in [0.1, 0.15) is 49.0 Å². The molecule has 1 saturated carbocycles. The first kappa shape index (κ1) is 15.2. The highest BCUT2D eigenvalue weighted by atomic mass is 16.4. The summed E-state index contributed by atoms with van der Waals surface area (Å²) in [7, 11) is 0. The van der Waals surface area contributed by atoms with Crippen LogP contribution < -0.4 is 5.32 Å². The first-order valence-electron chi connectivity index (χ1n) is 8.26. The summed E-state index contributed by atoms with van der Waals surface area (Å²) in [6.07, 6.45) is 10.9. The van der Waals surface area contributed by atoms with Gasteiger partial charge in [0.05, 0.1) is 0 Å². The maximum Gasteiger partial charge on any atom is 0.358 e. The predicted molar refractivity (Wildman–Crippen MR) is 84.0 cm³/mol. The molecule has 1 atom stereocenters. The standard InChI is InChI=1S/C16H24N4O2/c21-16(22)14-15(18-8-7-17-14)19-10-12-6-9-20(11-12)13-4-2-1-3-5-13/h7-8,12-13H,1-6,9-11H2,(H,18,19)(H,21,22)/t12-/m1/s1. The molecule has 22 heavy (non-hydrogen) atoms. The first-order valence-corrected chi connectivity index (χ1v) is 8.26. The van der Waals surface area contributed by atoms with Crippen LogP contribution in [0.3, 0.4) is 0 Å². The number of nitrogens with one attached hydrogen (secondary N) is 1. The fourth-order valence-electron chi connectivity index (χ4n) is 3.67. The lowest BCUT2D eigenvalue weighted by Crippen LogP contribution is -2.35. The molecule has 2 N–H and O–H groups in total. The highest BCUT2D eigenvalue weighted by molar-refractivity contribution is 5.90. The lowest BCUT2D eigenvalue weighted by molar-refractivity contribution is 0.0691. The molecule has 2 aliphatic rings. The van der Waals surface area contributed by atoms with Gasteiger partial charge in [-0.2, -0.15) is 0 Å². The quantitative estimate of drug-likeness (QED) is 0.868.